The lowest BCUT2D eigenvalue weighted by Gasteiger charge is -2.52. The number of amides is 1. The van der Waals surface area contributed by atoms with Gasteiger partial charge in [0, 0.05) is 31.2 Å². The Kier molecular flexibility index (Phi) is 12.7. The average Bonchev–Trinajstić information content (AvgIpc) is 3.24. The Morgan fingerprint density at radius 1 is 0.678 bits per heavy atom. The maximum absolute atomic E-state index is 15.1. The molecule has 1 aliphatic heterocycles. The molecule has 0 aromatic heterocycles. The quantitative estimate of drug-likeness (QED) is 0.0427. The van der Waals surface area contributed by atoms with Crippen LogP contribution in [-0.4, -0.2) is 61.4 Å². The summed E-state index contributed by atoms with van der Waals surface area (Å²) in [6, 6.07) is 36.7. The van der Waals surface area contributed by atoms with Crippen molar-refractivity contribution in [1.82, 2.24) is 4.90 Å². The highest BCUT2D eigenvalue weighted by atomic mass is 31.2. The number of non-ortho nitro benzene ring substituents is 2. The van der Waals surface area contributed by atoms with E-state index in [4.69, 9.17) is 14.2 Å². The minimum absolute atomic E-state index is 0.115. The number of benzene rings is 5. The number of carboxylic acid groups (broad SMARTS) is 1. The molecule has 4 atom stereocenters. The first kappa shape index (κ1) is 41.5. The fraction of sp³-hybridized carbons (Fsp3) is 0.186. The zero-order valence-corrected chi connectivity index (χ0v) is 32.6. The van der Waals surface area contributed by atoms with Crippen molar-refractivity contribution in [2.75, 3.05) is 0 Å². The number of aliphatic carboxylic acids is 1. The SMILES string of the molecule is CC(OC(=O)OCc1ccc([N+](=O)[O-])cc1)C1C(=O)N(C(C(=O)OCc2ccc([N+](=O)[O-])cc2)=P(c2ccccc2)(c2ccccc2)c2ccccc2)C1C(C)C(=O)O. The summed E-state index contributed by atoms with van der Waals surface area (Å²) in [6.45, 7) is -1.30. The number of carbonyl (C=O) groups excluding carboxylic acids is 3. The van der Waals surface area contributed by atoms with Crippen molar-refractivity contribution in [3.8, 4) is 0 Å². The summed E-state index contributed by atoms with van der Waals surface area (Å²) >= 11 is 0. The molecule has 0 aliphatic carbocycles. The molecule has 1 amide bonds. The van der Waals surface area contributed by atoms with Crippen LogP contribution in [0.1, 0.15) is 25.0 Å². The number of nitrogens with zero attached hydrogens (tertiary/aromatic N) is 3. The lowest BCUT2D eigenvalue weighted by atomic mass is 9.76. The van der Waals surface area contributed by atoms with Gasteiger partial charge in [0.25, 0.3) is 11.4 Å². The molecule has 0 saturated carbocycles. The molecule has 59 heavy (non-hydrogen) atoms. The molecule has 4 unspecified atom stereocenters. The summed E-state index contributed by atoms with van der Waals surface area (Å²) < 4.78 is 16.8. The molecule has 5 aromatic carbocycles. The molecule has 1 fully saturated rings. The van der Waals surface area contributed by atoms with E-state index in [1.54, 1.807) is 54.6 Å². The van der Waals surface area contributed by atoms with Gasteiger partial charge in [0.05, 0.1) is 27.7 Å². The van der Waals surface area contributed by atoms with E-state index in [9.17, 15) is 39.7 Å². The highest BCUT2D eigenvalue weighted by Gasteiger charge is 2.59. The maximum Gasteiger partial charge on any atom is 0.508 e. The Morgan fingerprint density at radius 2 is 1.08 bits per heavy atom. The molecule has 5 aromatic rings. The second kappa shape index (κ2) is 18.0. The molecular formula is C43H38N3O12P. The molecule has 16 heteroatoms. The lowest BCUT2D eigenvalue weighted by molar-refractivity contribution is -0.385. The number of rotatable bonds is 15. The zero-order valence-electron chi connectivity index (χ0n) is 31.7. The minimum Gasteiger partial charge on any atom is -0.481 e. The van der Waals surface area contributed by atoms with Gasteiger partial charge in [0.2, 0.25) is 5.91 Å². The zero-order chi connectivity index (χ0) is 42.3. The summed E-state index contributed by atoms with van der Waals surface area (Å²) in [4.78, 5) is 78.1. The van der Waals surface area contributed by atoms with E-state index >= 15 is 4.79 Å². The summed E-state index contributed by atoms with van der Waals surface area (Å²) in [7, 11) is 0. The van der Waals surface area contributed by atoms with Gasteiger partial charge in [-0.3, -0.25) is 34.7 Å². The largest absolute Gasteiger partial charge is 0.508 e. The van der Waals surface area contributed by atoms with Crippen LogP contribution < -0.4 is 15.9 Å². The van der Waals surface area contributed by atoms with Crippen LogP contribution >= 0.6 is 6.89 Å². The van der Waals surface area contributed by atoms with Gasteiger partial charge in [-0.05, 0) is 65.2 Å². The Labute approximate surface area is 338 Å². The predicted octanol–water partition coefficient (Wildman–Crippen LogP) is 5.96. The van der Waals surface area contributed by atoms with Crippen LogP contribution in [0.5, 0.6) is 0 Å². The first-order valence-corrected chi connectivity index (χ1v) is 20.1. The second-order valence-electron chi connectivity index (χ2n) is 13.6. The van der Waals surface area contributed by atoms with E-state index in [1.165, 1.54) is 67.3 Å². The van der Waals surface area contributed by atoms with E-state index in [0.717, 1.165) is 0 Å². The third-order valence-electron chi connectivity index (χ3n) is 10.1. The van der Waals surface area contributed by atoms with Gasteiger partial charge in [0.15, 0.2) is 0 Å². The summed E-state index contributed by atoms with van der Waals surface area (Å²) in [6.07, 6.45) is -2.42. The normalized spacial score (nSPS) is 15.8. The van der Waals surface area contributed by atoms with E-state index in [1.807, 2.05) is 36.4 Å². The molecule has 1 N–H and O–H groups in total. The fourth-order valence-electron chi connectivity index (χ4n) is 7.15. The summed E-state index contributed by atoms with van der Waals surface area (Å²) in [5, 5.41) is 34.8. The molecule has 1 heterocycles. The number of carboxylic acids is 1. The van der Waals surface area contributed by atoms with Crippen LogP contribution in [0.3, 0.4) is 0 Å². The first-order chi connectivity index (χ1) is 28.3. The highest BCUT2D eigenvalue weighted by Crippen LogP contribution is 2.50. The standard InChI is InChI=1S/C43H38N3O12P/c1-28(41(48)49)38-37(29(2)58-43(51)57-27-31-20-24-33(25-21-31)46(54)55)39(47)44(38)40(42(50)56-26-30-18-22-32(23-19-30)45(52)53)59(34-12-6-3-7-13-34,35-14-8-4-9-15-35)36-16-10-5-11-17-36/h3-25,28-29,37-38H,26-27H2,1-2H3,(H,48,49). The van der Waals surface area contributed by atoms with Gasteiger partial charge >= 0.3 is 18.1 Å². The van der Waals surface area contributed by atoms with Crippen LogP contribution in [0.25, 0.3) is 0 Å². The molecule has 6 rings (SSSR count). The van der Waals surface area contributed by atoms with Crippen molar-refractivity contribution >= 4 is 63.6 Å². The topological polar surface area (TPSA) is 206 Å². The summed E-state index contributed by atoms with van der Waals surface area (Å²) in [5.41, 5.74) is 0.419. The Balaban J connectivity index is 1.47. The van der Waals surface area contributed by atoms with Crippen LogP contribution in [0, 0.1) is 32.1 Å². The van der Waals surface area contributed by atoms with E-state index in [-0.39, 0.29) is 30.0 Å². The van der Waals surface area contributed by atoms with Crippen molar-refractivity contribution in [3.63, 3.8) is 0 Å². The molecule has 302 valence electrons. The number of ether oxygens (including phenoxy) is 3. The average molecular weight is 820 g/mol. The van der Waals surface area contributed by atoms with Crippen LogP contribution in [0.15, 0.2) is 140 Å². The maximum atomic E-state index is 15.1. The molecular weight excluding hydrogens is 781 g/mol. The van der Waals surface area contributed by atoms with Crippen LogP contribution in [0.2, 0.25) is 0 Å². The van der Waals surface area contributed by atoms with Crippen LogP contribution in [0.4, 0.5) is 16.2 Å². The molecule has 1 saturated heterocycles. The van der Waals surface area contributed by atoms with Crippen molar-refractivity contribution in [2.24, 2.45) is 11.8 Å². The molecule has 0 bridgehead atoms. The second-order valence-corrected chi connectivity index (χ2v) is 17.0. The Bertz CT molecular complexity index is 2310. The van der Waals surface area contributed by atoms with Gasteiger partial charge in [-0.25, -0.2) is 9.59 Å². The number of nitro groups is 2. The van der Waals surface area contributed by atoms with Crippen molar-refractivity contribution in [3.05, 3.63) is 171 Å². The number of β-lactam (4-membered cyclic amide) rings is 1. The van der Waals surface area contributed by atoms with Gasteiger partial charge in [0.1, 0.15) is 24.7 Å². The van der Waals surface area contributed by atoms with Gasteiger partial charge in [-0.2, -0.15) is 0 Å². The smallest absolute Gasteiger partial charge is 0.481 e. The van der Waals surface area contributed by atoms with Gasteiger partial charge in [-0.15, -0.1) is 0 Å². The Morgan fingerprint density at radius 3 is 1.47 bits per heavy atom. The Hall–Kier alpha value is -7.12. The van der Waals surface area contributed by atoms with Crippen molar-refractivity contribution < 1.29 is 48.3 Å². The lowest BCUT2D eigenvalue weighted by Crippen LogP contribution is -2.71. The number of likely N-dealkylation sites (tertiary alicyclic amines) is 1. The molecule has 15 nitrogen and oxygen atoms in total. The van der Waals surface area contributed by atoms with Gasteiger partial charge in [-0.1, -0.05) is 91.0 Å². The predicted molar refractivity (Wildman–Crippen MR) is 218 cm³/mol. The van der Waals surface area contributed by atoms with Crippen LogP contribution in [-0.2, 0) is 41.8 Å². The molecule has 0 radical (unpaired) electrons. The summed E-state index contributed by atoms with van der Waals surface area (Å²) in [5.74, 6) is -5.48. The van der Waals surface area contributed by atoms with E-state index in [0.29, 0.717) is 27.0 Å². The van der Waals surface area contributed by atoms with Crippen molar-refractivity contribution in [2.45, 2.75) is 39.2 Å². The number of hydrogen-bond donors (Lipinski definition) is 1. The third kappa shape index (κ3) is 8.60. The number of carbonyl (C=O) groups is 4. The molecule has 1 aliphatic rings. The highest BCUT2D eigenvalue weighted by molar-refractivity contribution is 7.96. The number of hydrogen-bond acceptors (Lipinski definition) is 11. The third-order valence-corrected chi connectivity index (χ3v) is 14.3. The monoisotopic (exact) mass is 819 g/mol. The number of nitro benzene ring substituents is 2. The number of esters is 1. The van der Waals surface area contributed by atoms with Gasteiger partial charge < -0.3 is 19.3 Å². The van der Waals surface area contributed by atoms with Crippen molar-refractivity contribution in [1.29, 1.82) is 0 Å². The van der Waals surface area contributed by atoms with E-state index in [2.05, 4.69) is 0 Å². The molecule has 0 spiro atoms. The van der Waals surface area contributed by atoms with E-state index < -0.39 is 64.7 Å². The minimum atomic E-state index is -3.48. The fourth-order valence-corrected chi connectivity index (χ4v) is 11.5. The first-order valence-electron chi connectivity index (χ1n) is 18.3.